The van der Waals surface area contributed by atoms with E-state index >= 15 is 0 Å². The average Bonchev–Trinajstić information content (AvgIpc) is 3.07. The molecule has 1 aromatic carbocycles. The summed E-state index contributed by atoms with van der Waals surface area (Å²) in [6.45, 7) is 5.77. The molecule has 0 spiro atoms. The second kappa shape index (κ2) is 8.15. The molecule has 6 nitrogen and oxygen atoms in total. The van der Waals surface area contributed by atoms with Gasteiger partial charge >= 0.3 is 6.03 Å². The van der Waals surface area contributed by atoms with Gasteiger partial charge in [0.05, 0.1) is 5.54 Å². The van der Waals surface area contributed by atoms with Gasteiger partial charge in [-0.2, -0.15) is 0 Å². The van der Waals surface area contributed by atoms with Crippen LogP contribution in [-0.4, -0.2) is 35.5 Å². The Labute approximate surface area is 143 Å². The van der Waals surface area contributed by atoms with Gasteiger partial charge in [0.15, 0.2) is 0 Å². The minimum absolute atomic E-state index is 0.0637. The minimum atomic E-state index is -0.851. The zero-order valence-electron chi connectivity index (χ0n) is 14.6. The summed E-state index contributed by atoms with van der Waals surface area (Å²) in [6.07, 6.45) is 3.63. The van der Waals surface area contributed by atoms with Gasteiger partial charge < -0.3 is 21.3 Å². The summed E-state index contributed by atoms with van der Waals surface area (Å²) in [5.41, 5.74) is 6.84. The van der Waals surface area contributed by atoms with E-state index in [0.29, 0.717) is 13.0 Å². The van der Waals surface area contributed by atoms with Crippen molar-refractivity contribution in [2.24, 2.45) is 5.73 Å². The highest BCUT2D eigenvalue weighted by Crippen LogP contribution is 2.15. The highest BCUT2D eigenvalue weighted by atomic mass is 16.2. The van der Waals surface area contributed by atoms with Gasteiger partial charge in [0.1, 0.15) is 0 Å². The Kier molecular flexibility index (Phi) is 6.20. The number of nitrogens with zero attached hydrogens (tertiary/aromatic N) is 1. The first-order chi connectivity index (χ1) is 11.4. The molecular weight excluding hydrogens is 304 g/mol. The van der Waals surface area contributed by atoms with Crippen molar-refractivity contribution in [1.29, 1.82) is 0 Å². The van der Waals surface area contributed by atoms with Crippen LogP contribution in [0.5, 0.6) is 0 Å². The van der Waals surface area contributed by atoms with Crippen molar-refractivity contribution in [3.63, 3.8) is 0 Å². The Balaban J connectivity index is 1.90. The van der Waals surface area contributed by atoms with Gasteiger partial charge in [-0.15, -0.1) is 0 Å². The highest BCUT2D eigenvalue weighted by Gasteiger charge is 2.26. The number of amides is 3. The van der Waals surface area contributed by atoms with E-state index in [1.807, 2.05) is 36.1 Å². The van der Waals surface area contributed by atoms with E-state index in [-0.39, 0.29) is 11.9 Å². The van der Waals surface area contributed by atoms with Gasteiger partial charge in [-0.05, 0) is 43.9 Å². The van der Waals surface area contributed by atoms with Gasteiger partial charge in [0.25, 0.3) is 0 Å². The maximum Gasteiger partial charge on any atom is 0.321 e. The Bertz CT molecular complexity index is 580. The van der Waals surface area contributed by atoms with Crippen LogP contribution < -0.4 is 16.4 Å². The molecule has 4 N–H and O–H groups in total. The zero-order valence-corrected chi connectivity index (χ0v) is 14.6. The molecule has 1 aliphatic heterocycles. The van der Waals surface area contributed by atoms with E-state index in [2.05, 4.69) is 10.6 Å². The molecule has 3 amide bonds. The molecular formula is C18H28N4O2. The smallest absolute Gasteiger partial charge is 0.321 e. The SMILES string of the molecule is CCCC(C)(N)C(=O)NCc1cccc(NC(=O)N2CCCC2)c1. The molecule has 1 fully saturated rings. The second-order valence-corrected chi connectivity index (χ2v) is 6.67. The minimum Gasteiger partial charge on any atom is -0.350 e. The summed E-state index contributed by atoms with van der Waals surface area (Å²) < 4.78 is 0. The fraction of sp³-hybridized carbons (Fsp3) is 0.556. The van der Waals surface area contributed by atoms with Crippen LogP contribution in [0.4, 0.5) is 10.5 Å². The lowest BCUT2D eigenvalue weighted by Crippen LogP contribution is -2.51. The van der Waals surface area contributed by atoms with Gasteiger partial charge in [0.2, 0.25) is 5.91 Å². The van der Waals surface area contributed by atoms with E-state index in [0.717, 1.165) is 43.6 Å². The number of carbonyl (C=O) groups is 2. The predicted molar refractivity (Wildman–Crippen MR) is 95.6 cm³/mol. The second-order valence-electron chi connectivity index (χ2n) is 6.67. The number of anilines is 1. The number of likely N-dealkylation sites (tertiary alicyclic amines) is 1. The van der Waals surface area contributed by atoms with Crippen molar-refractivity contribution in [2.45, 2.75) is 51.6 Å². The molecule has 2 rings (SSSR count). The first-order valence-electron chi connectivity index (χ1n) is 8.64. The summed E-state index contributed by atoms with van der Waals surface area (Å²) >= 11 is 0. The monoisotopic (exact) mass is 332 g/mol. The lowest BCUT2D eigenvalue weighted by molar-refractivity contribution is -0.126. The van der Waals surface area contributed by atoms with Crippen molar-refractivity contribution >= 4 is 17.6 Å². The van der Waals surface area contributed by atoms with Crippen LogP contribution in [-0.2, 0) is 11.3 Å². The van der Waals surface area contributed by atoms with Gasteiger partial charge in [0, 0.05) is 25.3 Å². The topological polar surface area (TPSA) is 87.5 Å². The molecule has 1 aromatic rings. The third-order valence-corrected chi connectivity index (χ3v) is 4.31. The number of rotatable bonds is 6. The molecule has 0 bridgehead atoms. The van der Waals surface area contributed by atoms with Crippen LogP contribution in [0.3, 0.4) is 0 Å². The average molecular weight is 332 g/mol. The largest absolute Gasteiger partial charge is 0.350 e. The van der Waals surface area contributed by atoms with Crippen LogP contribution in [0.15, 0.2) is 24.3 Å². The van der Waals surface area contributed by atoms with Gasteiger partial charge in [-0.1, -0.05) is 25.5 Å². The van der Waals surface area contributed by atoms with Crippen LogP contribution in [0.1, 0.15) is 45.1 Å². The number of urea groups is 1. The number of hydrogen-bond acceptors (Lipinski definition) is 3. The number of nitrogens with one attached hydrogen (secondary N) is 2. The fourth-order valence-corrected chi connectivity index (χ4v) is 2.90. The van der Waals surface area contributed by atoms with Crippen molar-refractivity contribution in [3.05, 3.63) is 29.8 Å². The van der Waals surface area contributed by atoms with Crippen LogP contribution in [0, 0.1) is 0 Å². The van der Waals surface area contributed by atoms with Gasteiger partial charge in [-0.3, -0.25) is 4.79 Å². The molecule has 1 aliphatic rings. The molecule has 24 heavy (non-hydrogen) atoms. The van der Waals surface area contributed by atoms with E-state index in [4.69, 9.17) is 5.73 Å². The van der Waals surface area contributed by atoms with Crippen molar-refractivity contribution < 1.29 is 9.59 Å². The summed E-state index contributed by atoms with van der Waals surface area (Å²) in [4.78, 5) is 26.1. The highest BCUT2D eigenvalue weighted by molar-refractivity contribution is 5.89. The maximum atomic E-state index is 12.2. The number of carbonyl (C=O) groups excluding carboxylic acids is 2. The van der Waals surface area contributed by atoms with Crippen molar-refractivity contribution in [3.8, 4) is 0 Å². The molecule has 0 radical (unpaired) electrons. The maximum absolute atomic E-state index is 12.2. The first-order valence-corrected chi connectivity index (χ1v) is 8.64. The molecule has 1 heterocycles. The predicted octanol–water partition coefficient (Wildman–Crippen LogP) is 2.45. The molecule has 132 valence electrons. The van der Waals surface area contributed by atoms with Crippen molar-refractivity contribution in [2.75, 3.05) is 18.4 Å². The van der Waals surface area contributed by atoms with E-state index in [1.165, 1.54) is 0 Å². The van der Waals surface area contributed by atoms with Crippen molar-refractivity contribution in [1.82, 2.24) is 10.2 Å². The lowest BCUT2D eigenvalue weighted by atomic mass is 9.96. The first kappa shape index (κ1) is 18.3. The van der Waals surface area contributed by atoms with E-state index in [9.17, 15) is 9.59 Å². The fourth-order valence-electron chi connectivity index (χ4n) is 2.90. The molecule has 0 saturated carbocycles. The van der Waals surface area contributed by atoms with Gasteiger partial charge in [-0.25, -0.2) is 4.79 Å². The third-order valence-electron chi connectivity index (χ3n) is 4.31. The Morgan fingerprint density at radius 2 is 2.00 bits per heavy atom. The lowest BCUT2D eigenvalue weighted by Gasteiger charge is -2.23. The quantitative estimate of drug-likeness (QED) is 0.748. The molecule has 1 atom stereocenters. The van der Waals surface area contributed by atoms with Crippen LogP contribution >= 0.6 is 0 Å². The standard InChI is InChI=1S/C18H28N4O2/c1-3-9-18(2,19)16(23)20-13-14-7-6-8-15(12-14)21-17(24)22-10-4-5-11-22/h6-8,12H,3-5,9-11,13,19H2,1-2H3,(H,20,23)(H,21,24). The zero-order chi connectivity index (χ0) is 17.6. The van der Waals surface area contributed by atoms with Crippen LogP contribution in [0.2, 0.25) is 0 Å². The number of benzene rings is 1. The summed E-state index contributed by atoms with van der Waals surface area (Å²) in [7, 11) is 0. The van der Waals surface area contributed by atoms with Crippen LogP contribution in [0.25, 0.3) is 0 Å². The molecule has 1 unspecified atom stereocenters. The Morgan fingerprint density at radius 1 is 1.29 bits per heavy atom. The third kappa shape index (κ3) is 4.96. The summed E-state index contributed by atoms with van der Waals surface area (Å²) in [6, 6.07) is 7.45. The summed E-state index contributed by atoms with van der Waals surface area (Å²) in [5.74, 6) is -0.157. The number of nitrogens with two attached hydrogens (primary N) is 1. The molecule has 1 saturated heterocycles. The van der Waals surface area contributed by atoms with E-state index < -0.39 is 5.54 Å². The summed E-state index contributed by atoms with van der Waals surface area (Å²) in [5, 5.41) is 5.78. The normalized spacial score (nSPS) is 16.5. The Morgan fingerprint density at radius 3 is 2.67 bits per heavy atom. The number of hydrogen-bond donors (Lipinski definition) is 3. The molecule has 0 aromatic heterocycles. The molecule has 0 aliphatic carbocycles. The van der Waals surface area contributed by atoms with E-state index in [1.54, 1.807) is 6.92 Å². The Hall–Kier alpha value is -2.08. The molecule has 6 heteroatoms.